The molecule has 3 heterocycles. The maximum absolute atomic E-state index is 13.5. The number of aliphatic hydroxyl groups is 11. The molecule has 3 aliphatic heterocycles. The minimum absolute atomic E-state index is 0.238. The quantitative estimate of drug-likeness (QED) is 0.0199. The summed E-state index contributed by atoms with van der Waals surface area (Å²) in [7, 11) is 0. The second-order valence-electron chi connectivity index (χ2n) is 30.7. The maximum atomic E-state index is 13.5. The second-order valence-corrected chi connectivity index (χ2v) is 30.7. The Balaban J connectivity index is 1.35. The first-order valence-electron chi connectivity index (χ1n) is 42.7. The highest BCUT2D eigenvalue weighted by Crippen LogP contribution is 2.33. The average molecular weight is 1470 g/mol. The van der Waals surface area contributed by atoms with Gasteiger partial charge in [0.15, 0.2) is 18.9 Å². The van der Waals surface area contributed by atoms with Crippen LogP contribution in [0.3, 0.4) is 0 Å². The first-order chi connectivity index (χ1) is 50.3. The van der Waals surface area contributed by atoms with Gasteiger partial charge in [0.2, 0.25) is 5.91 Å². The molecule has 0 bridgehead atoms. The van der Waals surface area contributed by atoms with Gasteiger partial charge in [-0.2, -0.15) is 0 Å². The summed E-state index contributed by atoms with van der Waals surface area (Å²) in [6.45, 7) is 1.85. The van der Waals surface area contributed by atoms with E-state index in [0.29, 0.717) is 12.8 Å². The molecule has 0 radical (unpaired) electrons. The van der Waals surface area contributed by atoms with Gasteiger partial charge in [0.05, 0.1) is 38.6 Å². The van der Waals surface area contributed by atoms with Crippen LogP contribution in [0.15, 0.2) is 36.5 Å². The molecule has 0 aromatic carbocycles. The zero-order chi connectivity index (χ0) is 74.6. The molecule has 3 fully saturated rings. The van der Waals surface area contributed by atoms with E-state index in [2.05, 4.69) is 55.6 Å². The summed E-state index contributed by atoms with van der Waals surface area (Å²) in [5.74, 6) is -0.238. The minimum Gasteiger partial charge on any atom is -0.394 e. The van der Waals surface area contributed by atoms with Gasteiger partial charge in [0, 0.05) is 6.42 Å². The van der Waals surface area contributed by atoms with Crippen LogP contribution in [0.25, 0.3) is 0 Å². The van der Waals surface area contributed by atoms with E-state index in [-0.39, 0.29) is 18.9 Å². The van der Waals surface area contributed by atoms with Gasteiger partial charge in [-0.25, -0.2) is 0 Å². The van der Waals surface area contributed by atoms with Crippen LogP contribution in [-0.4, -0.2) is 193 Å². The summed E-state index contributed by atoms with van der Waals surface area (Å²) in [5, 5.41) is 121. The Morgan fingerprint density at radius 3 is 1.00 bits per heavy atom. The molecule has 0 saturated carbocycles. The molecular formula is C84H157NO18. The van der Waals surface area contributed by atoms with Crippen molar-refractivity contribution in [3.63, 3.8) is 0 Å². The van der Waals surface area contributed by atoms with E-state index in [0.717, 1.165) is 57.8 Å². The molecule has 0 aromatic rings. The number of aliphatic hydroxyl groups excluding tert-OH is 11. The third kappa shape index (κ3) is 44.5. The number of hydrogen-bond acceptors (Lipinski definition) is 18. The molecule has 17 unspecified atom stereocenters. The van der Waals surface area contributed by atoms with Gasteiger partial charge in [0.25, 0.3) is 0 Å². The molecule has 3 saturated heterocycles. The molecule has 1 amide bonds. The third-order valence-corrected chi connectivity index (χ3v) is 21.5. The predicted octanol–water partition coefficient (Wildman–Crippen LogP) is 15.1. The molecule has 19 nitrogen and oxygen atoms in total. The molecule has 0 aliphatic carbocycles. The topological polar surface area (TPSA) is 307 Å². The van der Waals surface area contributed by atoms with E-state index < -0.39 is 124 Å². The van der Waals surface area contributed by atoms with Crippen LogP contribution in [0.1, 0.15) is 361 Å². The zero-order valence-electron chi connectivity index (χ0n) is 65.1. The van der Waals surface area contributed by atoms with E-state index in [1.165, 1.54) is 270 Å². The van der Waals surface area contributed by atoms with Crippen LogP contribution in [-0.2, 0) is 33.2 Å². The molecule has 19 heteroatoms. The summed E-state index contributed by atoms with van der Waals surface area (Å²) in [6, 6.07) is -0.890. The average Bonchev–Trinajstić information content (AvgIpc) is 0.781. The summed E-state index contributed by atoms with van der Waals surface area (Å²) in [4.78, 5) is 13.5. The van der Waals surface area contributed by atoms with Gasteiger partial charge >= 0.3 is 0 Å². The van der Waals surface area contributed by atoms with Gasteiger partial charge in [0.1, 0.15) is 73.2 Å². The lowest BCUT2D eigenvalue weighted by atomic mass is 9.96. The molecule has 3 aliphatic rings. The van der Waals surface area contributed by atoms with Gasteiger partial charge in [-0.15, -0.1) is 0 Å². The first kappa shape index (κ1) is 95.2. The van der Waals surface area contributed by atoms with Crippen LogP contribution in [0.4, 0.5) is 0 Å². The molecule has 3 rings (SSSR count). The maximum Gasteiger partial charge on any atom is 0.220 e. The summed E-state index contributed by atoms with van der Waals surface area (Å²) in [6.07, 6.45) is 53.8. The Kier molecular flexibility index (Phi) is 59.9. The number of allylic oxidation sites excluding steroid dienone is 6. The van der Waals surface area contributed by atoms with Gasteiger partial charge in [-0.05, 0) is 51.4 Å². The number of amides is 1. The number of ether oxygens (including phenoxy) is 6. The van der Waals surface area contributed by atoms with Crippen molar-refractivity contribution in [2.24, 2.45) is 0 Å². The van der Waals surface area contributed by atoms with E-state index in [9.17, 15) is 61.0 Å². The molecular weight excluding hydrogens is 1310 g/mol. The predicted molar refractivity (Wildman–Crippen MR) is 411 cm³/mol. The van der Waals surface area contributed by atoms with E-state index in [1.807, 2.05) is 0 Å². The fraction of sp³-hybridized carbons (Fsp3) is 0.917. The van der Waals surface area contributed by atoms with Crippen LogP contribution in [0.2, 0.25) is 0 Å². The van der Waals surface area contributed by atoms with Crippen molar-refractivity contribution >= 4 is 5.91 Å². The lowest BCUT2D eigenvalue weighted by Gasteiger charge is -2.48. The zero-order valence-corrected chi connectivity index (χ0v) is 65.1. The van der Waals surface area contributed by atoms with Crippen LogP contribution >= 0.6 is 0 Å². The number of carbonyl (C=O) groups is 1. The summed E-state index contributed by atoms with van der Waals surface area (Å²) < 4.78 is 34.6. The van der Waals surface area contributed by atoms with Crippen molar-refractivity contribution in [3.05, 3.63) is 36.5 Å². The number of carbonyl (C=O) groups excluding carboxylic acids is 1. The van der Waals surface area contributed by atoms with Crippen molar-refractivity contribution in [2.45, 2.75) is 465 Å². The summed E-state index contributed by atoms with van der Waals surface area (Å²) >= 11 is 0. The number of hydrogen-bond donors (Lipinski definition) is 12. The third-order valence-electron chi connectivity index (χ3n) is 21.5. The lowest BCUT2D eigenvalue weighted by Crippen LogP contribution is -2.66. The molecule has 0 aromatic heterocycles. The standard InChI is InChI=1S/C84H157NO18/c1-3-5-7-9-11-13-15-17-19-21-23-25-27-29-31-33-35-37-39-41-43-45-47-49-51-53-55-57-59-61-68(89)67(85-72(90)62-60-58-56-54-52-50-48-46-44-42-40-38-36-34-32-30-28-26-24-22-20-18-16-14-12-10-8-6-4-2)66-98-82-78(96)75(93)80(70(64-87)100-82)103-84-79(97)76(94)81(71(65-88)101-84)102-83-77(95)74(92)73(91)69(63-86)99-83/h16,18,22,24,28,30,67-71,73-84,86-89,91-97H,3-15,17,19-21,23,25-27,29,31-66H2,1-2H3,(H,85,90)/b18-16-,24-22-,30-28-. The molecule has 606 valence electrons. The number of rotatable bonds is 69. The Morgan fingerprint density at radius 2 is 0.641 bits per heavy atom. The van der Waals surface area contributed by atoms with Crippen LogP contribution < -0.4 is 5.32 Å². The van der Waals surface area contributed by atoms with Crippen molar-refractivity contribution in [1.82, 2.24) is 5.32 Å². The molecule has 12 N–H and O–H groups in total. The Morgan fingerprint density at radius 1 is 0.350 bits per heavy atom. The molecule has 17 atom stereocenters. The first-order valence-corrected chi connectivity index (χ1v) is 42.7. The van der Waals surface area contributed by atoms with E-state index >= 15 is 0 Å². The van der Waals surface area contributed by atoms with E-state index in [1.54, 1.807) is 0 Å². The smallest absolute Gasteiger partial charge is 0.220 e. The van der Waals surface area contributed by atoms with Crippen LogP contribution in [0, 0.1) is 0 Å². The largest absolute Gasteiger partial charge is 0.394 e. The number of unbranched alkanes of at least 4 members (excludes halogenated alkanes) is 47. The van der Waals surface area contributed by atoms with Gasteiger partial charge < -0.3 is 89.9 Å². The summed E-state index contributed by atoms with van der Waals surface area (Å²) in [5.41, 5.74) is 0. The Hall–Kier alpha value is -1.99. The van der Waals surface area contributed by atoms with Gasteiger partial charge in [-0.3, -0.25) is 4.79 Å². The SMILES string of the molecule is CCCCCCC/C=C\C/C=C\C/C=C\CCCCCCCCCCCCCCCCC(=O)NC(COC1OC(CO)C(OC2OC(CO)C(OC3OC(CO)C(O)C(O)C3O)C(O)C2O)C(O)C1O)C(O)CCCCCCCCCCCCCCCCCCCCCCCCCCCCCCC. The van der Waals surface area contributed by atoms with E-state index in [4.69, 9.17) is 28.4 Å². The van der Waals surface area contributed by atoms with Crippen LogP contribution in [0.5, 0.6) is 0 Å². The highest BCUT2D eigenvalue weighted by atomic mass is 16.8. The van der Waals surface area contributed by atoms with Gasteiger partial charge in [-0.1, -0.05) is 339 Å². The van der Waals surface area contributed by atoms with Crippen molar-refractivity contribution in [2.75, 3.05) is 26.4 Å². The highest BCUT2D eigenvalue weighted by molar-refractivity contribution is 5.76. The minimum atomic E-state index is -1.97. The van der Waals surface area contributed by atoms with Crippen molar-refractivity contribution in [3.8, 4) is 0 Å². The molecule has 0 spiro atoms. The number of nitrogens with one attached hydrogen (secondary N) is 1. The second kappa shape index (κ2) is 64.8. The highest BCUT2D eigenvalue weighted by Gasteiger charge is 2.54. The fourth-order valence-corrected chi connectivity index (χ4v) is 14.6. The Bertz CT molecular complexity index is 2000. The van der Waals surface area contributed by atoms with Crippen molar-refractivity contribution in [1.29, 1.82) is 0 Å². The molecule has 103 heavy (non-hydrogen) atoms. The monoisotopic (exact) mass is 1470 g/mol. The van der Waals surface area contributed by atoms with Crippen molar-refractivity contribution < 1.29 is 89.4 Å². The fourth-order valence-electron chi connectivity index (χ4n) is 14.6. The normalized spacial score (nSPS) is 26.2. The Labute approximate surface area is 625 Å². The lowest BCUT2D eigenvalue weighted by molar-refractivity contribution is -0.379.